The maximum Gasteiger partial charge on any atom is 0.263 e. The number of nitrogens with zero attached hydrogens (tertiary/aromatic N) is 2. The van der Waals surface area contributed by atoms with Crippen molar-refractivity contribution in [1.82, 2.24) is 15.3 Å². The lowest BCUT2D eigenvalue weighted by Gasteiger charge is -2.09. The predicted molar refractivity (Wildman–Crippen MR) is 96.6 cm³/mol. The molecule has 0 radical (unpaired) electrons. The van der Waals surface area contributed by atoms with Gasteiger partial charge in [-0.3, -0.25) is 4.79 Å². The van der Waals surface area contributed by atoms with E-state index < -0.39 is 0 Å². The Labute approximate surface area is 147 Å². The molecule has 0 fully saturated rings. The number of hydrogen-bond donors (Lipinski definition) is 1. The van der Waals surface area contributed by atoms with Crippen molar-refractivity contribution in [2.75, 3.05) is 0 Å². The second-order valence-corrected chi connectivity index (χ2v) is 7.56. The van der Waals surface area contributed by atoms with Crippen molar-refractivity contribution in [3.8, 4) is 5.88 Å². The zero-order chi connectivity index (χ0) is 17.7. The van der Waals surface area contributed by atoms with Crippen LogP contribution in [0.15, 0.2) is 18.3 Å². The zero-order valence-corrected chi connectivity index (χ0v) is 15.7. The number of rotatable bonds is 7. The van der Waals surface area contributed by atoms with E-state index >= 15 is 0 Å². The number of thiazole rings is 1. The summed E-state index contributed by atoms with van der Waals surface area (Å²) in [7, 11) is 0. The van der Waals surface area contributed by atoms with Gasteiger partial charge in [-0.15, -0.1) is 11.3 Å². The first kappa shape index (κ1) is 18.4. The minimum atomic E-state index is -0.0810. The Morgan fingerprint density at radius 3 is 2.62 bits per heavy atom. The van der Waals surface area contributed by atoms with E-state index in [-0.39, 0.29) is 12.0 Å². The van der Waals surface area contributed by atoms with Crippen LogP contribution in [0.25, 0.3) is 0 Å². The molecule has 0 aromatic carbocycles. The predicted octanol–water partition coefficient (Wildman–Crippen LogP) is 3.76. The Bertz CT molecular complexity index is 678. The summed E-state index contributed by atoms with van der Waals surface area (Å²) >= 11 is 1.48. The summed E-state index contributed by atoms with van der Waals surface area (Å²) < 4.78 is 5.51. The van der Waals surface area contributed by atoms with E-state index in [1.165, 1.54) is 11.3 Å². The smallest absolute Gasteiger partial charge is 0.263 e. The number of aromatic nitrogens is 2. The molecule has 1 N–H and O–H groups in total. The van der Waals surface area contributed by atoms with Gasteiger partial charge in [-0.2, -0.15) is 0 Å². The van der Waals surface area contributed by atoms with Crippen LogP contribution < -0.4 is 10.1 Å². The highest BCUT2D eigenvalue weighted by atomic mass is 32.1. The zero-order valence-electron chi connectivity index (χ0n) is 14.9. The second kappa shape index (κ2) is 8.24. The number of hydrogen-bond acceptors (Lipinski definition) is 5. The van der Waals surface area contributed by atoms with Crippen molar-refractivity contribution in [2.45, 2.75) is 53.7 Å². The molecule has 24 heavy (non-hydrogen) atoms. The number of pyridine rings is 1. The molecular weight excluding hydrogens is 322 g/mol. The fourth-order valence-electron chi connectivity index (χ4n) is 2.19. The van der Waals surface area contributed by atoms with Gasteiger partial charge in [-0.05, 0) is 32.3 Å². The number of carbonyl (C=O) groups is 1. The largest absolute Gasteiger partial charge is 0.475 e. The van der Waals surface area contributed by atoms with Crippen LogP contribution in [0, 0.1) is 12.8 Å². The minimum Gasteiger partial charge on any atom is -0.475 e. The van der Waals surface area contributed by atoms with Gasteiger partial charge in [0.2, 0.25) is 5.88 Å². The van der Waals surface area contributed by atoms with Crippen LogP contribution in [0.5, 0.6) is 5.88 Å². The summed E-state index contributed by atoms with van der Waals surface area (Å²) in [4.78, 5) is 21.8. The maximum atomic E-state index is 12.4. The van der Waals surface area contributed by atoms with Crippen LogP contribution in [-0.2, 0) is 13.0 Å². The number of carbonyl (C=O) groups excluding carboxylic acids is 1. The molecule has 0 aliphatic heterocycles. The Morgan fingerprint density at radius 1 is 1.29 bits per heavy atom. The average molecular weight is 347 g/mol. The van der Waals surface area contributed by atoms with Gasteiger partial charge < -0.3 is 10.1 Å². The Kier molecular flexibility index (Phi) is 6.31. The molecule has 0 saturated carbocycles. The molecule has 0 bridgehead atoms. The van der Waals surface area contributed by atoms with E-state index in [0.717, 1.165) is 22.7 Å². The molecule has 0 aliphatic rings. The van der Waals surface area contributed by atoms with Crippen molar-refractivity contribution in [3.05, 3.63) is 39.5 Å². The average Bonchev–Trinajstić information content (AvgIpc) is 2.85. The summed E-state index contributed by atoms with van der Waals surface area (Å²) in [5.41, 5.74) is 1.73. The molecule has 6 heteroatoms. The van der Waals surface area contributed by atoms with E-state index in [0.29, 0.717) is 23.2 Å². The van der Waals surface area contributed by atoms with Crippen LogP contribution in [0.4, 0.5) is 0 Å². The molecule has 0 aliphatic carbocycles. The molecule has 130 valence electrons. The topological polar surface area (TPSA) is 64.1 Å². The third-order valence-electron chi connectivity index (χ3n) is 3.24. The molecule has 2 aromatic rings. The monoisotopic (exact) mass is 347 g/mol. The Hall–Kier alpha value is -1.95. The molecule has 5 nitrogen and oxygen atoms in total. The van der Waals surface area contributed by atoms with Crippen molar-refractivity contribution in [2.24, 2.45) is 5.92 Å². The van der Waals surface area contributed by atoms with E-state index in [4.69, 9.17) is 4.74 Å². The summed E-state index contributed by atoms with van der Waals surface area (Å²) in [5.74, 6) is 1.04. The van der Waals surface area contributed by atoms with Gasteiger partial charge in [-0.1, -0.05) is 19.9 Å². The van der Waals surface area contributed by atoms with E-state index in [1.54, 1.807) is 6.20 Å². The van der Waals surface area contributed by atoms with Gasteiger partial charge in [0.1, 0.15) is 4.88 Å². The maximum absolute atomic E-state index is 12.4. The van der Waals surface area contributed by atoms with Crippen molar-refractivity contribution in [1.29, 1.82) is 0 Å². The van der Waals surface area contributed by atoms with Crippen molar-refractivity contribution >= 4 is 17.2 Å². The number of nitrogens with one attached hydrogen (secondary N) is 1. The van der Waals surface area contributed by atoms with Crippen molar-refractivity contribution < 1.29 is 9.53 Å². The number of ether oxygens (including phenoxy) is 1. The molecule has 0 atom stereocenters. The second-order valence-electron chi connectivity index (χ2n) is 6.47. The third-order valence-corrected chi connectivity index (χ3v) is 4.42. The molecule has 0 unspecified atom stereocenters. The molecule has 2 rings (SSSR count). The van der Waals surface area contributed by atoms with E-state index in [9.17, 15) is 4.79 Å². The summed E-state index contributed by atoms with van der Waals surface area (Å²) in [6, 6.07) is 3.73. The lowest BCUT2D eigenvalue weighted by molar-refractivity contribution is 0.0954. The standard InChI is InChI=1S/C18H25N3O2S/c1-11(2)8-16-21-13(5)17(24-16)18(22)20-10-14-6-7-15(19-9-14)23-12(3)4/h6-7,9,11-12H,8,10H2,1-5H3,(H,20,22). The quantitative estimate of drug-likeness (QED) is 0.828. The SMILES string of the molecule is Cc1nc(CC(C)C)sc1C(=O)NCc1ccc(OC(C)C)nc1. The van der Waals surface area contributed by atoms with E-state index in [2.05, 4.69) is 29.1 Å². The van der Waals surface area contributed by atoms with Crippen LogP contribution in [0.2, 0.25) is 0 Å². The highest BCUT2D eigenvalue weighted by molar-refractivity contribution is 7.13. The fourth-order valence-corrected chi connectivity index (χ4v) is 3.38. The molecule has 2 heterocycles. The van der Waals surface area contributed by atoms with Gasteiger partial charge >= 0.3 is 0 Å². The minimum absolute atomic E-state index is 0.0810. The molecule has 2 aromatic heterocycles. The first-order valence-corrected chi connectivity index (χ1v) is 9.03. The van der Waals surface area contributed by atoms with Gasteiger partial charge in [0, 0.05) is 25.2 Å². The summed E-state index contributed by atoms with van der Waals surface area (Å²) in [6.07, 6.45) is 2.72. The Balaban J connectivity index is 1.94. The van der Waals surface area contributed by atoms with E-state index in [1.807, 2.05) is 32.9 Å². The fraction of sp³-hybridized carbons (Fsp3) is 0.500. The van der Waals surface area contributed by atoms with Gasteiger partial charge in [0.25, 0.3) is 5.91 Å². The van der Waals surface area contributed by atoms with Gasteiger partial charge in [0.15, 0.2) is 0 Å². The normalized spacial score (nSPS) is 11.1. The van der Waals surface area contributed by atoms with Crippen molar-refractivity contribution in [3.63, 3.8) is 0 Å². The van der Waals surface area contributed by atoms with Crippen LogP contribution in [0.3, 0.4) is 0 Å². The number of aryl methyl sites for hydroxylation is 1. The summed E-state index contributed by atoms with van der Waals surface area (Å²) in [6.45, 7) is 10.5. The van der Waals surface area contributed by atoms with Crippen LogP contribution in [-0.4, -0.2) is 22.0 Å². The first-order valence-electron chi connectivity index (χ1n) is 8.21. The van der Waals surface area contributed by atoms with Gasteiger partial charge in [-0.25, -0.2) is 9.97 Å². The molecule has 0 spiro atoms. The molecular formula is C18H25N3O2S. The lowest BCUT2D eigenvalue weighted by atomic mass is 10.1. The lowest BCUT2D eigenvalue weighted by Crippen LogP contribution is -2.22. The molecule has 1 amide bonds. The van der Waals surface area contributed by atoms with Crippen LogP contribution >= 0.6 is 11.3 Å². The summed E-state index contributed by atoms with van der Waals surface area (Å²) in [5, 5.41) is 3.95. The third kappa shape index (κ3) is 5.30. The highest BCUT2D eigenvalue weighted by Gasteiger charge is 2.15. The highest BCUT2D eigenvalue weighted by Crippen LogP contribution is 2.20. The number of amides is 1. The first-order chi connectivity index (χ1) is 11.3. The van der Waals surface area contributed by atoms with Gasteiger partial charge in [0.05, 0.1) is 16.8 Å². The van der Waals surface area contributed by atoms with Crippen LogP contribution in [0.1, 0.15) is 53.6 Å². The molecule has 0 saturated heterocycles. The Morgan fingerprint density at radius 2 is 2.04 bits per heavy atom.